The van der Waals surface area contributed by atoms with E-state index in [9.17, 15) is 8.78 Å². The van der Waals surface area contributed by atoms with Crippen LogP contribution in [0, 0.1) is 11.6 Å². The molecule has 0 radical (unpaired) electrons. The maximum Gasteiger partial charge on any atom is 0.191 e. The van der Waals surface area contributed by atoms with Gasteiger partial charge in [-0.1, -0.05) is 0 Å². The van der Waals surface area contributed by atoms with Gasteiger partial charge in [0.1, 0.15) is 18.1 Å². The minimum atomic E-state index is -0.858. The highest BCUT2D eigenvalue weighted by atomic mass is 19.1. The monoisotopic (exact) mass is 186 g/mol. The van der Waals surface area contributed by atoms with E-state index in [4.69, 9.17) is 16.2 Å². The van der Waals surface area contributed by atoms with Crippen LogP contribution in [0.4, 0.5) is 14.5 Å². The molecular formula is C8H8F2N2O. The molecule has 0 amide bonds. The van der Waals surface area contributed by atoms with Crippen molar-refractivity contribution in [1.82, 2.24) is 0 Å². The van der Waals surface area contributed by atoms with Gasteiger partial charge in [0, 0.05) is 5.56 Å². The number of benzene rings is 1. The Hall–Kier alpha value is -1.36. The lowest BCUT2D eigenvalue weighted by Crippen LogP contribution is -2.11. The van der Waals surface area contributed by atoms with E-state index in [1.54, 1.807) is 0 Å². The predicted molar refractivity (Wildman–Crippen MR) is 43.2 cm³/mol. The molecule has 0 spiro atoms. The summed E-state index contributed by atoms with van der Waals surface area (Å²) in [5, 5.41) is 0. The summed E-state index contributed by atoms with van der Waals surface area (Å²) in [5.74, 6) is -1.67. The number of nitrogens with two attached hydrogens (primary N) is 2. The van der Waals surface area contributed by atoms with Gasteiger partial charge < -0.3 is 16.2 Å². The van der Waals surface area contributed by atoms with Crippen LogP contribution in [0.15, 0.2) is 6.07 Å². The van der Waals surface area contributed by atoms with Gasteiger partial charge in [-0.05, 0) is 6.07 Å². The van der Waals surface area contributed by atoms with E-state index in [1.165, 1.54) is 0 Å². The lowest BCUT2D eigenvalue weighted by atomic mass is 10.1. The van der Waals surface area contributed by atoms with Gasteiger partial charge >= 0.3 is 0 Å². The normalized spacial score (nSPS) is 19.8. The number of anilines is 1. The van der Waals surface area contributed by atoms with Crippen molar-refractivity contribution in [2.75, 3.05) is 12.3 Å². The van der Waals surface area contributed by atoms with Gasteiger partial charge in [0.25, 0.3) is 0 Å². The van der Waals surface area contributed by atoms with Gasteiger partial charge in [-0.2, -0.15) is 0 Å². The molecule has 1 aliphatic rings. The molecule has 1 aliphatic heterocycles. The molecule has 1 atom stereocenters. The first-order valence-electron chi connectivity index (χ1n) is 3.77. The fourth-order valence-corrected chi connectivity index (χ4v) is 1.32. The third-order valence-electron chi connectivity index (χ3n) is 2.04. The summed E-state index contributed by atoms with van der Waals surface area (Å²) in [6.07, 6.45) is 0. The van der Waals surface area contributed by atoms with Crippen molar-refractivity contribution in [1.29, 1.82) is 0 Å². The second-order valence-corrected chi connectivity index (χ2v) is 2.92. The molecule has 0 aromatic heterocycles. The zero-order valence-corrected chi connectivity index (χ0v) is 6.68. The lowest BCUT2D eigenvalue weighted by Gasteiger charge is -2.04. The average Bonchev–Trinajstić information content (AvgIpc) is 2.45. The van der Waals surface area contributed by atoms with Crippen LogP contribution in [0.2, 0.25) is 0 Å². The Morgan fingerprint density at radius 1 is 1.46 bits per heavy atom. The molecule has 0 saturated heterocycles. The molecule has 70 valence electrons. The zero-order chi connectivity index (χ0) is 9.59. The average molecular weight is 186 g/mol. The third-order valence-corrected chi connectivity index (χ3v) is 2.04. The SMILES string of the molecule is Nc1c(F)cc2c(c1F)OCC2N. The van der Waals surface area contributed by atoms with Crippen molar-refractivity contribution >= 4 is 5.69 Å². The van der Waals surface area contributed by atoms with E-state index in [-0.39, 0.29) is 12.4 Å². The number of hydrogen-bond donors (Lipinski definition) is 2. The summed E-state index contributed by atoms with van der Waals surface area (Å²) in [7, 11) is 0. The van der Waals surface area contributed by atoms with E-state index < -0.39 is 23.4 Å². The number of ether oxygens (including phenoxy) is 1. The second kappa shape index (κ2) is 2.56. The fourth-order valence-electron chi connectivity index (χ4n) is 1.32. The van der Waals surface area contributed by atoms with Crippen molar-refractivity contribution in [3.05, 3.63) is 23.3 Å². The van der Waals surface area contributed by atoms with E-state index in [0.29, 0.717) is 5.56 Å². The van der Waals surface area contributed by atoms with E-state index >= 15 is 0 Å². The van der Waals surface area contributed by atoms with Crippen molar-refractivity contribution < 1.29 is 13.5 Å². The van der Waals surface area contributed by atoms with Gasteiger partial charge in [0.05, 0.1) is 6.04 Å². The maximum absolute atomic E-state index is 13.2. The van der Waals surface area contributed by atoms with Crippen LogP contribution in [-0.2, 0) is 0 Å². The Morgan fingerprint density at radius 3 is 2.85 bits per heavy atom. The van der Waals surface area contributed by atoms with Crippen LogP contribution in [0.25, 0.3) is 0 Å². The number of nitrogen functional groups attached to an aromatic ring is 1. The summed E-state index contributed by atoms with van der Waals surface area (Å²) in [6.45, 7) is 0.162. The molecule has 1 aromatic rings. The molecule has 3 nitrogen and oxygen atoms in total. The van der Waals surface area contributed by atoms with Crippen molar-refractivity contribution in [2.24, 2.45) is 5.73 Å². The van der Waals surface area contributed by atoms with Gasteiger partial charge in [-0.3, -0.25) is 0 Å². The van der Waals surface area contributed by atoms with E-state index in [1.807, 2.05) is 0 Å². The Balaban J connectivity index is 2.67. The van der Waals surface area contributed by atoms with E-state index in [0.717, 1.165) is 6.07 Å². The van der Waals surface area contributed by atoms with Crippen LogP contribution in [0.3, 0.4) is 0 Å². The number of hydrogen-bond acceptors (Lipinski definition) is 3. The minimum absolute atomic E-state index is 0.0219. The quantitative estimate of drug-likeness (QED) is 0.593. The molecule has 1 unspecified atom stereocenters. The molecule has 1 heterocycles. The first-order chi connectivity index (χ1) is 6.11. The summed E-state index contributed by atoms with van der Waals surface area (Å²) in [5.41, 5.74) is 10.5. The molecule has 0 bridgehead atoms. The summed E-state index contributed by atoms with van der Waals surface area (Å²) in [4.78, 5) is 0. The predicted octanol–water partition coefficient (Wildman–Crippen LogP) is 0.939. The van der Waals surface area contributed by atoms with Crippen molar-refractivity contribution in [2.45, 2.75) is 6.04 Å². The molecule has 2 rings (SSSR count). The summed E-state index contributed by atoms with van der Waals surface area (Å²) < 4.78 is 31.1. The smallest absolute Gasteiger partial charge is 0.191 e. The molecular weight excluding hydrogens is 178 g/mol. The molecule has 0 saturated carbocycles. The van der Waals surface area contributed by atoms with Gasteiger partial charge in [0.2, 0.25) is 0 Å². The molecule has 0 aliphatic carbocycles. The van der Waals surface area contributed by atoms with Gasteiger partial charge in [-0.25, -0.2) is 8.78 Å². The first-order valence-corrected chi connectivity index (χ1v) is 3.77. The second-order valence-electron chi connectivity index (χ2n) is 2.92. The molecule has 13 heavy (non-hydrogen) atoms. The molecule has 5 heteroatoms. The van der Waals surface area contributed by atoms with E-state index in [2.05, 4.69) is 0 Å². The Morgan fingerprint density at radius 2 is 2.15 bits per heavy atom. The highest BCUT2D eigenvalue weighted by Crippen LogP contribution is 2.37. The summed E-state index contributed by atoms with van der Waals surface area (Å²) in [6, 6.07) is 0.644. The minimum Gasteiger partial charge on any atom is -0.488 e. The molecule has 4 N–H and O–H groups in total. The van der Waals surface area contributed by atoms with Gasteiger partial charge in [0.15, 0.2) is 11.6 Å². The number of rotatable bonds is 0. The summed E-state index contributed by atoms with van der Waals surface area (Å²) >= 11 is 0. The Bertz CT molecular complexity index is 368. The van der Waals surface area contributed by atoms with Crippen LogP contribution < -0.4 is 16.2 Å². The van der Waals surface area contributed by atoms with Crippen LogP contribution in [0.5, 0.6) is 5.75 Å². The van der Waals surface area contributed by atoms with Crippen molar-refractivity contribution in [3.63, 3.8) is 0 Å². The topological polar surface area (TPSA) is 61.3 Å². The largest absolute Gasteiger partial charge is 0.488 e. The van der Waals surface area contributed by atoms with Gasteiger partial charge in [-0.15, -0.1) is 0 Å². The number of fused-ring (bicyclic) bond motifs is 1. The highest BCUT2D eigenvalue weighted by molar-refractivity contribution is 5.54. The van der Waals surface area contributed by atoms with Crippen LogP contribution >= 0.6 is 0 Å². The van der Waals surface area contributed by atoms with Crippen LogP contribution in [-0.4, -0.2) is 6.61 Å². The first kappa shape index (κ1) is 8.25. The van der Waals surface area contributed by atoms with Crippen LogP contribution in [0.1, 0.15) is 11.6 Å². The standard InChI is InChI=1S/C8H8F2N2O/c9-4-1-3-5(11)2-13-8(3)6(10)7(4)12/h1,5H,2,11-12H2. The lowest BCUT2D eigenvalue weighted by molar-refractivity contribution is 0.319. The highest BCUT2D eigenvalue weighted by Gasteiger charge is 2.27. The fraction of sp³-hybridized carbons (Fsp3) is 0.250. The van der Waals surface area contributed by atoms with Crippen molar-refractivity contribution in [3.8, 4) is 5.75 Å². The maximum atomic E-state index is 13.2. The Kier molecular flexibility index (Phi) is 1.63. The molecule has 1 aromatic carbocycles. The molecule has 0 fully saturated rings. The zero-order valence-electron chi connectivity index (χ0n) is 6.68. The number of halogens is 2. The third kappa shape index (κ3) is 1.04. The Labute approximate surface area is 73.3 Å².